The zero-order valence-corrected chi connectivity index (χ0v) is 16.0. The monoisotopic (exact) mass is 478 g/mol. The molecule has 3 rings (SSSR count). The van der Waals surface area contributed by atoms with E-state index in [1.165, 1.54) is 38.5 Å². The van der Waals surface area contributed by atoms with E-state index in [0.29, 0.717) is 11.1 Å². The van der Waals surface area contributed by atoms with Crippen molar-refractivity contribution >= 4 is 0 Å². The minimum absolute atomic E-state index is 0. The van der Waals surface area contributed by atoms with Crippen LogP contribution in [-0.2, 0) is 20.4 Å². The smallest absolute Gasteiger partial charge is 0.162 e. The van der Waals surface area contributed by atoms with Gasteiger partial charge in [-0.15, -0.1) is 0 Å². The molecule has 1 aromatic rings. The molecule has 0 heterocycles. The molecule has 2 aliphatic carbocycles. The Hall–Kier alpha value is -0.258. The predicted molar refractivity (Wildman–Crippen MR) is 82.1 cm³/mol. The second-order valence-electron chi connectivity index (χ2n) is 6.91. The summed E-state index contributed by atoms with van der Waals surface area (Å²) in [6.07, 6.45) is 12.0. The summed E-state index contributed by atoms with van der Waals surface area (Å²) in [5.74, 6) is 0.638. The number of benzene rings is 1. The summed E-state index contributed by atoms with van der Waals surface area (Å²) >= 11 is 0. The van der Waals surface area contributed by atoms with Crippen molar-refractivity contribution in [3.63, 3.8) is 0 Å². The Morgan fingerprint density at radius 1 is 0.864 bits per heavy atom. The molecule has 22 heavy (non-hydrogen) atoms. The number of hydrogen-bond donors (Lipinski definition) is 0. The third kappa shape index (κ3) is 3.80. The van der Waals surface area contributed by atoms with Crippen molar-refractivity contribution in [3.8, 4) is 0 Å². The van der Waals surface area contributed by atoms with Crippen molar-refractivity contribution in [2.45, 2.75) is 64.2 Å². The maximum atomic E-state index is 14.1. The average Bonchev–Trinajstić information content (AvgIpc) is 2.54. The summed E-state index contributed by atoms with van der Waals surface area (Å²) in [5, 5.41) is 0. The molecule has 123 valence electrons. The van der Waals surface area contributed by atoms with E-state index in [1.54, 1.807) is 19.1 Å². The van der Waals surface area contributed by atoms with Crippen LogP contribution in [0.2, 0.25) is 0 Å². The molecule has 1 aromatic carbocycles. The molecular weight excluding hydrogens is 452 g/mol. The molecule has 0 unspecified atom stereocenters. The first-order chi connectivity index (χ1) is 10.2. The van der Waals surface area contributed by atoms with Crippen LogP contribution in [0.25, 0.3) is 0 Å². The van der Waals surface area contributed by atoms with Crippen LogP contribution in [-0.4, -0.2) is 0 Å². The molecule has 0 saturated heterocycles. The van der Waals surface area contributed by atoms with Gasteiger partial charge in [-0.1, -0.05) is 25.0 Å². The van der Waals surface area contributed by atoms with Crippen LogP contribution in [0.3, 0.4) is 0 Å². The second kappa shape index (κ2) is 8.02. The zero-order chi connectivity index (χ0) is 14.8. The first-order valence-electron chi connectivity index (χ1n) is 8.43. The molecule has 2 saturated carbocycles. The Labute approximate surface area is 146 Å². The minimum Gasteiger partial charge on any atom is -0.328 e. The molecule has 0 N–H and O–H groups in total. The van der Waals surface area contributed by atoms with Gasteiger partial charge in [0.25, 0.3) is 0 Å². The molecule has 0 aliphatic heterocycles. The van der Waals surface area contributed by atoms with Crippen molar-refractivity contribution in [2.75, 3.05) is 0 Å². The molecule has 0 amide bonds. The van der Waals surface area contributed by atoms with Gasteiger partial charge in [-0.05, 0) is 61.5 Å². The summed E-state index contributed by atoms with van der Waals surface area (Å²) in [5.41, 5.74) is 1.01. The van der Waals surface area contributed by atoms with Gasteiger partial charge in [0.05, 0.1) is 0 Å². The topological polar surface area (TPSA) is 0 Å². The number of halogens is 2. The number of aryl methyl sites for hydroxylation is 1. The van der Waals surface area contributed by atoms with Crippen molar-refractivity contribution in [1.29, 1.82) is 0 Å². The van der Waals surface area contributed by atoms with Crippen molar-refractivity contribution < 1.29 is 29.2 Å². The van der Waals surface area contributed by atoms with Gasteiger partial charge in [0.1, 0.15) is 0 Å². The fourth-order valence-corrected chi connectivity index (χ4v) is 4.30. The van der Waals surface area contributed by atoms with E-state index in [9.17, 15) is 8.78 Å². The molecule has 3 heteroatoms. The Bertz CT molecular complexity index is 486. The van der Waals surface area contributed by atoms with Crippen LogP contribution in [0.5, 0.6) is 0 Å². The molecule has 1 radical (unpaired) electrons. The average molecular weight is 478 g/mol. The van der Waals surface area contributed by atoms with Crippen molar-refractivity contribution in [3.05, 3.63) is 41.3 Å². The molecular formula is C19H25F2Re-. The summed E-state index contributed by atoms with van der Waals surface area (Å²) in [7, 11) is 0. The van der Waals surface area contributed by atoms with E-state index in [-0.39, 0.29) is 26.3 Å². The standard InChI is InChI=1S/C19H25F2.Re/c1-13-7-12-17(19(21)18(13)20)16-10-8-15(9-11-16)14-5-3-2-4-6-14;/h2,7,12,14-16H,3-6,8-11H2,1H3;/q-1;. The Morgan fingerprint density at radius 3 is 2.09 bits per heavy atom. The van der Waals surface area contributed by atoms with Crippen LogP contribution < -0.4 is 0 Å². The van der Waals surface area contributed by atoms with E-state index in [1.807, 2.05) is 0 Å². The maximum absolute atomic E-state index is 14.1. The molecule has 2 aliphatic rings. The van der Waals surface area contributed by atoms with Crippen LogP contribution >= 0.6 is 0 Å². The summed E-state index contributed by atoms with van der Waals surface area (Å²) in [6, 6.07) is 3.52. The van der Waals surface area contributed by atoms with E-state index in [4.69, 9.17) is 0 Å². The summed E-state index contributed by atoms with van der Waals surface area (Å²) in [4.78, 5) is 0. The third-order valence-electron chi connectivity index (χ3n) is 5.67. The van der Waals surface area contributed by atoms with Crippen molar-refractivity contribution in [1.82, 2.24) is 0 Å². The fraction of sp³-hybridized carbons (Fsp3) is 0.632. The van der Waals surface area contributed by atoms with Gasteiger partial charge in [-0.3, -0.25) is 0 Å². The largest absolute Gasteiger partial charge is 0.328 e. The molecule has 0 atom stereocenters. The van der Waals surface area contributed by atoms with Gasteiger partial charge >= 0.3 is 0 Å². The molecule has 0 aromatic heterocycles. The van der Waals surface area contributed by atoms with Crippen LogP contribution in [0.1, 0.15) is 68.4 Å². The SMILES string of the molecule is Cc1ccc(C2CCC(C3CC[CH-]CC3)CC2)c(F)c1F.[Re]. The number of hydrogen-bond acceptors (Lipinski definition) is 0. The van der Waals surface area contributed by atoms with E-state index >= 15 is 0 Å². The Balaban J connectivity index is 0.00000176. The van der Waals surface area contributed by atoms with Gasteiger partial charge < -0.3 is 6.42 Å². The second-order valence-corrected chi connectivity index (χ2v) is 6.91. The van der Waals surface area contributed by atoms with Crippen molar-refractivity contribution in [2.24, 2.45) is 11.8 Å². The van der Waals surface area contributed by atoms with Gasteiger partial charge in [0.2, 0.25) is 0 Å². The third-order valence-corrected chi connectivity index (χ3v) is 5.67. The van der Waals surface area contributed by atoms with Gasteiger partial charge in [-0.25, -0.2) is 8.78 Å². The van der Waals surface area contributed by atoms with Crippen LogP contribution in [0, 0.1) is 36.8 Å². The van der Waals surface area contributed by atoms with E-state index in [0.717, 1.165) is 24.7 Å². The van der Waals surface area contributed by atoms with Gasteiger partial charge in [-0.2, -0.15) is 12.8 Å². The van der Waals surface area contributed by atoms with Gasteiger partial charge in [0.15, 0.2) is 11.6 Å². The first kappa shape index (κ1) is 18.1. The number of rotatable bonds is 2. The zero-order valence-electron chi connectivity index (χ0n) is 13.3. The summed E-state index contributed by atoms with van der Waals surface area (Å²) in [6.45, 7) is 1.62. The minimum atomic E-state index is -0.655. The molecule has 0 spiro atoms. The molecule has 2 fully saturated rings. The van der Waals surface area contributed by atoms with E-state index < -0.39 is 11.6 Å². The van der Waals surface area contributed by atoms with Crippen LogP contribution in [0.15, 0.2) is 12.1 Å². The van der Waals surface area contributed by atoms with Gasteiger partial charge in [0, 0.05) is 20.4 Å². The normalized spacial score (nSPS) is 26.5. The Morgan fingerprint density at radius 2 is 1.45 bits per heavy atom. The maximum Gasteiger partial charge on any atom is 0.162 e. The molecule has 0 nitrogen and oxygen atoms in total. The Kier molecular flexibility index (Phi) is 6.60. The fourth-order valence-electron chi connectivity index (χ4n) is 4.30. The van der Waals surface area contributed by atoms with E-state index in [2.05, 4.69) is 6.42 Å². The first-order valence-corrected chi connectivity index (χ1v) is 8.43. The predicted octanol–water partition coefficient (Wildman–Crippen LogP) is 5.94. The van der Waals surface area contributed by atoms with Crippen LogP contribution in [0.4, 0.5) is 8.78 Å². The molecule has 0 bridgehead atoms. The quantitative estimate of drug-likeness (QED) is 0.463. The summed E-state index contributed by atoms with van der Waals surface area (Å²) < 4.78 is 27.9.